The van der Waals surface area contributed by atoms with Crippen LogP contribution >= 0.6 is 0 Å². The minimum atomic E-state index is -0.565. The second-order valence-corrected chi connectivity index (χ2v) is 14.8. The third kappa shape index (κ3) is 4.88. The van der Waals surface area contributed by atoms with Crippen LogP contribution in [0.3, 0.4) is 0 Å². The van der Waals surface area contributed by atoms with Gasteiger partial charge in [-0.15, -0.1) is 0 Å². The molecule has 1 nitrogen and oxygen atoms in total. The van der Waals surface area contributed by atoms with Crippen molar-refractivity contribution in [1.29, 1.82) is 0 Å². The molecule has 0 radical (unpaired) electrons. The molecule has 1 heteroatoms. The summed E-state index contributed by atoms with van der Waals surface area (Å²) in [5.41, 5.74) is 12.9. The average Bonchev–Trinajstić information content (AvgIpc) is 3.27. The molecular formula is C55H37N. The van der Waals surface area contributed by atoms with Crippen molar-refractivity contribution in [3.8, 4) is 22.3 Å². The lowest BCUT2D eigenvalue weighted by atomic mass is 9.59. The first-order chi connectivity index (χ1) is 27.8. The Balaban J connectivity index is 1.17. The van der Waals surface area contributed by atoms with E-state index in [1.54, 1.807) is 0 Å². The third-order valence-corrected chi connectivity index (χ3v) is 11.9. The van der Waals surface area contributed by atoms with Crippen LogP contribution in [0.4, 0.5) is 17.1 Å². The number of hydrogen-bond donors (Lipinski definition) is 0. The minimum Gasteiger partial charge on any atom is -0.310 e. The van der Waals surface area contributed by atoms with E-state index in [1.807, 2.05) is 0 Å². The van der Waals surface area contributed by atoms with E-state index >= 15 is 0 Å². The smallest absolute Gasteiger partial charge is 0.0714 e. The van der Waals surface area contributed by atoms with E-state index in [-0.39, 0.29) is 0 Å². The minimum absolute atomic E-state index is 0.565. The van der Waals surface area contributed by atoms with Crippen molar-refractivity contribution in [2.24, 2.45) is 0 Å². The maximum atomic E-state index is 2.45. The number of nitrogens with zero attached hydrogens (tertiary/aromatic N) is 1. The van der Waals surface area contributed by atoms with E-state index in [0.29, 0.717) is 0 Å². The van der Waals surface area contributed by atoms with Gasteiger partial charge in [0.2, 0.25) is 0 Å². The van der Waals surface area contributed by atoms with Gasteiger partial charge >= 0.3 is 0 Å². The zero-order chi connectivity index (χ0) is 37.1. The van der Waals surface area contributed by atoms with Gasteiger partial charge in [0, 0.05) is 16.8 Å². The summed E-state index contributed by atoms with van der Waals surface area (Å²) in [6.45, 7) is 0. The molecule has 0 amide bonds. The van der Waals surface area contributed by atoms with Gasteiger partial charge in [0.25, 0.3) is 0 Å². The SMILES string of the molecule is c1ccc(C2(c3cccc(N(c4ccc(-c5cccc6ccccc56)cc4)c4cccc5ccccc45)c3)c3ccccc3-c3cccc4cccc2c34)cc1. The highest BCUT2D eigenvalue weighted by Gasteiger charge is 2.44. The number of hydrogen-bond acceptors (Lipinski definition) is 1. The summed E-state index contributed by atoms with van der Waals surface area (Å²) in [5, 5.41) is 7.50. The van der Waals surface area contributed by atoms with Crippen LogP contribution in [0.5, 0.6) is 0 Å². The Morgan fingerprint density at radius 3 is 1.70 bits per heavy atom. The van der Waals surface area contributed by atoms with E-state index < -0.39 is 5.41 Å². The Bertz CT molecular complexity index is 3070. The van der Waals surface area contributed by atoms with E-state index in [4.69, 9.17) is 0 Å². The molecule has 0 aliphatic heterocycles. The van der Waals surface area contributed by atoms with Gasteiger partial charge in [-0.2, -0.15) is 0 Å². The quantitative estimate of drug-likeness (QED) is 0.166. The van der Waals surface area contributed by atoms with E-state index in [0.717, 1.165) is 17.1 Å². The monoisotopic (exact) mass is 711 g/mol. The molecule has 0 saturated carbocycles. The van der Waals surface area contributed by atoms with E-state index in [1.165, 1.54) is 76.8 Å². The first kappa shape index (κ1) is 32.2. The Morgan fingerprint density at radius 2 is 0.875 bits per heavy atom. The first-order valence-electron chi connectivity index (χ1n) is 19.4. The number of rotatable bonds is 6. The zero-order valence-electron chi connectivity index (χ0n) is 30.8. The fourth-order valence-corrected chi connectivity index (χ4v) is 9.52. The summed E-state index contributed by atoms with van der Waals surface area (Å²) >= 11 is 0. The maximum Gasteiger partial charge on any atom is 0.0714 e. The topological polar surface area (TPSA) is 3.24 Å². The van der Waals surface area contributed by atoms with Crippen molar-refractivity contribution in [2.75, 3.05) is 4.90 Å². The van der Waals surface area contributed by atoms with Crippen LogP contribution in [0.25, 0.3) is 54.6 Å². The molecule has 1 aliphatic rings. The Labute approximate surface area is 327 Å². The predicted molar refractivity (Wildman–Crippen MR) is 236 cm³/mol. The number of anilines is 3. The molecule has 1 unspecified atom stereocenters. The number of benzene rings is 10. The third-order valence-electron chi connectivity index (χ3n) is 11.9. The van der Waals surface area contributed by atoms with Crippen LogP contribution in [-0.2, 0) is 5.41 Å². The molecule has 10 aromatic carbocycles. The Kier molecular flexibility index (Phi) is 7.47. The number of fused-ring (bicyclic) bond motifs is 4. The zero-order valence-corrected chi connectivity index (χ0v) is 30.8. The molecule has 1 aliphatic carbocycles. The predicted octanol–water partition coefficient (Wildman–Crippen LogP) is 14.6. The maximum absolute atomic E-state index is 2.45. The standard InChI is InChI=1S/C55H37N/c1-2-21-42(22-3-1)55(51-30-9-8-27-49(51)50-29-11-19-41-20-12-31-52(55)54(41)50)43-23-14-24-45(37-43)56(53-32-13-18-39-16-5-7-26-48(39)53)44-35-33-40(34-36-44)47-28-10-17-38-15-4-6-25-46(38)47/h1-37H. The summed E-state index contributed by atoms with van der Waals surface area (Å²) in [7, 11) is 0. The summed E-state index contributed by atoms with van der Waals surface area (Å²) in [5.74, 6) is 0. The fourth-order valence-electron chi connectivity index (χ4n) is 9.52. The van der Waals surface area contributed by atoms with Gasteiger partial charge in [-0.3, -0.25) is 0 Å². The van der Waals surface area contributed by atoms with Crippen molar-refractivity contribution >= 4 is 49.4 Å². The van der Waals surface area contributed by atoms with E-state index in [2.05, 4.69) is 229 Å². The van der Waals surface area contributed by atoms with Crippen LogP contribution in [0, 0.1) is 0 Å². The molecule has 0 spiro atoms. The largest absolute Gasteiger partial charge is 0.310 e. The molecule has 0 aromatic heterocycles. The van der Waals surface area contributed by atoms with Crippen molar-refractivity contribution in [3.05, 3.63) is 247 Å². The van der Waals surface area contributed by atoms with Gasteiger partial charge in [-0.1, -0.05) is 194 Å². The summed E-state index contributed by atoms with van der Waals surface area (Å²) < 4.78 is 0. The average molecular weight is 712 g/mol. The van der Waals surface area contributed by atoms with E-state index in [9.17, 15) is 0 Å². The van der Waals surface area contributed by atoms with Gasteiger partial charge in [0.15, 0.2) is 0 Å². The van der Waals surface area contributed by atoms with Gasteiger partial charge in [-0.25, -0.2) is 0 Å². The second-order valence-electron chi connectivity index (χ2n) is 14.8. The first-order valence-corrected chi connectivity index (χ1v) is 19.4. The fraction of sp³-hybridized carbons (Fsp3) is 0.0182. The molecule has 56 heavy (non-hydrogen) atoms. The van der Waals surface area contributed by atoms with Crippen LogP contribution < -0.4 is 4.90 Å². The highest BCUT2D eigenvalue weighted by atomic mass is 15.1. The van der Waals surface area contributed by atoms with Crippen LogP contribution in [0.1, 0.15) is 22.3 Å². The molecule has 262 valence electrons. The van der Waals surface area contributed by atoms with Gasteiger partial charge in [0.05, 0.1) is 11.1 Å². The highest BCUT2D eigenvalue weighted by Crippen LogP contribution is 2.56. The van der Waals surface area contributed by atoms with Gasteiger partial charge in [0.1, 0.15) is 0 Å². The summed E-state index contributed by atoms with van der Waals surface area (Å²) in [4.78, 5) is 2.45. The highest BCUT2D eigenvalue weighted by molar-refractivity contribution is 6.05. The Morgan fingerprint density at radius 1 is 0.321 bits per heavy atom. The Hall–Kier alpha value is -7.22. The molecule has 0 fully saturated rings. The molecule has 11 rings (SSSR count). The van der Waals surface area contributed by atoms with Gasteiger partial charge in [-0.05, 0) is 102 Å². The van der Waals surface area contributed by atoms with Crippen molar-refractivity contribution < 1.29 is 0 Å². The lowest BCUT2D eigenvalue weighted by Crippen LogP contribution is -2.34. The second kappa shape index (κ2) is 13.0. The lowest BCUT2D eigenvalue weighted by molar-refractivity contribution is 0.750. The van der Waals surface area contributed by atoms with Crippen LogP contribution in [0.2, 0.25) is 0 Å². The molecule has 10 aromatic rings. The lowest BCUT2D eigenvalue weighted by Gasteiger charge is -2.42. The van der Waals surface area contributed by atoms with Crippen LogP contribution in [0.15, 0.2) is 224 Å². The molecule has 0 saturated heterocycles. The molecule has 0 bridgehead atoms. The van der Waals surface area contributed by atoms with Gasteiger partial charge < -0.3 is 4.90 Å². The molecule has 0 N–H and O–H groups in total. The summed E-state index contributed by atoms with van der Waals surface area (Å²) in [6, 6.07) is 82.7. The van der Waals surface area contributed by atoms with Crippen molar-refractivity contribution in [2.45, 2.75) is 5.41 Å². The molecule has 1 atom stereocenters. The molecule has 0 heterocycles. The molecular weight excluding hydrogens is 675 g/mol. The van der Waals surface area contributed by atoms with Crippen LogP contribution in [-0.4, -0.2) is 0 Å². The van der Waals surface area contributed by atoms with Crippen molar-refractivity contribution in [1.82, 2.24) is 0 Å². The van der Waals surface area contributed by atoms with Crippen molar-refractivity contribution in [3.63, 3.8) is 0 Å². The summed E-state index contributed by atoms with van der Waals surface area (Å²) in [6.07, 6.45) is 0. The normalized spacial score (nSPS) is 14.5.